The maximum atomic E-state index is 12.2. The van der Waals surface area contributed by atoms with Gasteiger partial charge in [0.05, 0.1) is 29.7 Å². The monoisotopic (exact) mass is 350 g/mol. The molecule has 2 aliphatic heterocycles. The van der Waals surface area contributed by atoms with E-state index in [-0.39, 0.29) is 35.2 Å². The van der Waals surface area contributed by atoms with Gasteiger partial charge in [-0.25, -0.2) is 4.79 Å². The van der Waals surface area contributed by atoms with Crippen molar-refractivity contribution in [1.29, 1.82) is 0 Å². The summed E-state index contributed by atoms with van der Waals surface area (Å²) in [7, 11) is 0. The Morgan fingerprint density at radius 3 is 2.80 bits per heavy atom. The van der Waals surface area contributed by atoms with Crippen molar-refractivity contribution in [3.63, 3.8) is 0 Å². The van der Waals surface area contributed by atoms with E-state index in [2.05, 4.69) is 5.32 Å². The molecule has 2 saturated heterocycles. The molecule has 1 N–H and O–H groups in total. The van der Waals surface area contributed by atoms with Crippen molar-refractivity contribution >= 4 is 17.3 Å². The van der Waals surface area contributed by atoms with Crippen LogP contribution in [0.3, 0.4) is 0 Å². The number of nitro groups is 1. The molecule has 8 heteroatoms. The number of esters is 1. The smallest absolute Gasteiger partial charge is 0.338 e. The van der Waals surface area contributed by atoms with Gasteiger partial charge in [-0.3, -0.25) is 10.1 Å². The summed E-state index contributed by atoms with van der Waals surface area (Å²) in [4.78, 5) is 23.1. The Morgan fingerprint density at radius 2 is 2.12 bits per heavy atom. The molecule has 2 aliphatic rings. The van der Waals surface area contributed by atoms with E-state index in [9.17, 15) is 14.9 Å². The lowest BCUT2D eigenvalue weighted by atomic mass is 10.00. The number of hydrogen-bond donors (Lipinski definition) is 1. The molecule has 0 bridgehead atoms. The van der Waals surface area contributed by atoms with Crippen LogP contribution < -0.4 is 5.32 Å². The number of carbonyl (C=O) groups excluding carboxylic acids is 1. The molecule has 0 aromatic heterocycles. The number of hydrogen-bond acceptors (Lipinski definition) is 7. The molecule has 0 radical (unpaired) electrons. The zero-order chi connectivity index (χ0) is 18.2. The van der Waals surface area contributed by atoms with E-state index in [0.29, 0.717) is 13.2 Å². The maximum Gasteiger partial charge on any atom is 0.338 e. The predicted octanol–water partition coefficient (Wildman–Crippen LogP) is 2.72. The summed E-state index contributed by atoms with van der Waals surface area (Å²) < 4.78 is 16.4. The zero-order valence-corrected chi connectivity index (χ0v) is 14.5. The topological polar surface area (TPSA) is 99.9 Å². The molecular weight excluding hydrogens is 328 g/mol. The van der Waals surface area contributed by atoms with Gasteiger partial charge in [-0.15, -0.1) is 0 Å². The van der Waals surface area contributed by atoms with Gasteiger partial charge >= 0.3 is 5.97 Å². The second-order valence-corrected chi connectivity index (χ2v) is 7.27. The lowest BCUT2D eigenvalue weighted by molar-refractivity contribution is -0.384. The van der Waals surface area contributed by atoms with Crippen LogP contribution in [0, 0.1) is 16.0 Å². The quantitative estimate of drug-likeness (QED) is 0.506. The standard InChI is InChI=1S/C17H22N2O6/c1-17(2,3)25-15(20)10-4-5-14(19(21)22)12(8-10)18-13-9-24-16-11(13)6-7-23-16/h4-5,8,11,13,16,18H,6-7,9H2,1-3H3. The first-order valence-corrected chi connectivity index (χ1v) is 8.26. The lowest BCUT2D eigenvalue weighted by Gasteiger charge is -2.21. The van der Waals surface area contributed by atoms with Crippen LogP contribution in [0.2, 0.25) is 0 Å². The van der Waals surface area contributed by atoms with E-state index < -0.39 is 16.5 Å². The normalized spacial score (nSPS) is 25.5. The summed E-state index contributed by atoms with van der Waals surface area (Å²) in [5.74, 6) is -0.375. The molecule has 3 unspecified atom stereocenters. The highest BCUT2D eigenvalue weighted by molar-refractivity contribution is 5.92. The first kappa shape index (κ1) is 17.6. The third-order valence-electron chi connectivity index (χ3n) is 4.21. The van der Waals surface area contributed by atoms with E-state index >= 15 is 0 Å². The maximum absolute atomic E-state index is 12.2. The van der Waals surface area contributed by atoms with Crippen LogP contribution in [0.15, 0.2) is 18.2 Å². The minimum atomic E-state index is -0.639. The van der Waals surface area contributed by atoms with Crippen molar-refractivity contribution in [2.24, 2.45) is 5.92 Å². The lowest BCUT2D eigenvalue weighted by Crippen LogP contribution is -2.29. The van der Waals surface area contributed by atoms with Crippen molar-refractivity contribution in [3.8, 4) is 0 Å². The Labute approximate surface area is 145 Å². The Kier molecular flexibility index (Phi) is 4.66. The number of fused-ring (bicyclic) bond motifs is 1. The summed E-state index contributed by atoms with van der Waals surface area (Å²) in [6.45, 7) is 6.33. The number of anilines is 1. The first-order chi connectivity index (χ1) is 11.7. The van der Waals surface area contributed by atoms with E-state index in [4.69, 9.17) is 14.2 Å². The van der Waals surface area contributed by atoms with E-state index in [0.717, 1.165) is 6.42 Å². The van der Waals surface area contributed by atoms with Crippen molar-refractivity contribution in [2.75, 3.05) is 18.5 Å². The van der Waals surface area contributed by atoms with Gasteiger partial charge in [0, 0.05) is 12.0 Å². The van der Waals surface area contributed by atoms with Crippen molar-refractivity contribution in [1.82, 2.24) is 0 Å². The van der Waals surface area contributed by atoms with E-state index in [1.165, 1.54) is 18.2 Å². The Hall–Kier alpha value is -2.19. The highest BCUT2D eigenvalue weighted by Crippen LogP contribution is 2.35. The summed E-state index contributed by atoms with van der Waals surface area (Å²) in [5.41, 5.74) is -0.175. The second kappa shape index (κ2) is 6.61. The summed E-state index contributed by atoms with van der Waals surface area (Å²) in [5, 5.41) is 14.5. The molecule has 0 saturated carbocycles. The number of carbonyl (C=O) groups is 1. The van der Waals surface area contributed by atoms with E-state index in [1.807, 2.05) is 0 Å². The Bertz CT molecular complexity index is 684. The Morgan fingerprint density at radius 1 is 1.36 bits per heavy atom. The third kappa shape index (κ3) is 3.91. The van der Waals surface area contributed by atoms with Gasteiger partial charge in [-0.05, 0) is 39.3 Å². The van der Waals surface area contributed by atoms with Gasteiger partial charge in [0.25, 0.3) is 5.69 Å². The molecule has 25 heavy (non-hydrogen) atoms. The average Bonchev–Trinajstić information content (AvgIpc) is 3.10. The molecule has 3 rings (SSSR count). The molecule has 2 fully saturated rings. The van der Waals surface area contributed by atoms with Crippen LogP contribution in [0.4, 0.5) is 11.4 Å². The fraction of sp³-hybridized carbons (Fsp3) is 0.588. The van der Waals surface area contributed by atoms with Gasteiger partial charge in [0.15, 0.2) is 6.29 Å². The molecule has 3 atom stereocenters. The predicted molar refractivity (Wildman–Crippen MR) is 89.5 cm³/mol. The molecule has 0 amide bonds. The molecule has 136 valence electrons. The number of rotatable bonds is 4. The highest BCUT2D eigenvalue weighted by atomic mass is 16.7. The SMILES string of the molecule is CC(C)(C)OC(=O)c1ccc([N+](=O)[O-])c(NC2COC3OCCC23)c1. The first-order valence-electron chi connectivity index (χ1n) is 8.26. The van der Waals surface area contributed by atoms with Gasteiger partial charge < -0.3 is 19.5 Å². The summed E-state index contributed by atoms with van der Waals surface area (Å²) >= 11 is 0. The molecule has 0 aliphatic carbocycles. The van der Waals surface area contributed by atoms with Crippen LogP contribution in [-0.4, -0.2) is 42.0 Å². The highest BCUT2D eigenvalue weighted by Gasteiger charge is 2.42. The van der Waals surface area contributed by atoms with Crippen molar-refractivity contribution in [3.05, 3.63) is 33.9 Å². The number of benzene rings is 1. The molecule has 0 spiro atoms. The number of nitro benzene ring substituents is 1. The summed E-state index contributed by atoms with van der Waals surface area (Å²) in [6, 6.07) is 4.10. The van der Waals surface area contributed by atoms with Crippen LogP contribution in [0.5, 0.6) is 0 Å². The largest absolute Gasteiger partial charge is 0.456 e. The molecule has 2 heterocycles. The van der Waals surface area contributed by atoms with Gasteiger partial charge in [-0.1, -0.05) is 0 Å². The molecule has 8 nitrogen and oxygen atoms in total. The van der Waals surface area contributed by atoms with Crippen LogP contribution in [0.1, 0.15) is 37.6 Å². The number of nitrogens with one attached hydrogen (secondary N) is 1. The molecule has 1 aromatic rings. The minimum Gasteiger partial charge on any atom is -0.456 e. The minimum absolute atomic E-state index is 0.0883. The third-order valence-corrected chi connectivity index (χ3v) is 4.21. The number of nitrogens with zero attached hydrogens (tertiary/aromatic N) is 1. The van der Waals surface area contributed by atoms with E-state index in [1.54, 1.807) is 20.8 Å². The average molecular weight is 350 g/mol. The van der Waals surface area contributed by atoms with Crippen LogP contribution in [-0.2, 0) is 14.2 Å². The second-order valence-electron chi connectivity index (χ2n) is 7.27. The van der Waals surface area contributed by atoms with Crippen molar-refractivity contribution < 1.29 is 23.9 Å². The fourth-order valence-electron chi connectivity index (χ4n) is 3.09. The van der Waals surface area contributed by atoms with Gasteiger partial charge in [0.1, 0.15) is 11.3 Å². The van der Waals surface area contributed by atoms with Crippen molar-refractivity contribution in [2.45, 2.75) is 45.1 Å². The zero-order valence-electron chi connectivity index (χ0n) is 14.5. The van der Waals surface area contributed by atoms with Crippen LogP contribution in [0.25, 0.3) is 0 Å². The van der Waals surface area contributed by atoms with Gasteiger partial charge in [0.2, 0.25) is 0 Å². The fourth-order valence-corrected chi connectivity index (χ4v) is 3.09. The molecular formula is C17H22N2O6. The van der Waals surface area contributed by atoms with Gasteiger partial charge in [-0.2, -0.15) is 0 Å². The number of ether oxygens (including phenoxy) is 3. The van der Waals surface area contributed by atoms with Crippen LogP contribution >= 0.6 is 0 Å². The summed E-state index contributed by atoms with van der Waals surface area (Å²) in [6.07, 6.45) is 0.576. The molecule has 1 aromatic carbocycles. The Balaban J connectivity index is 1.84.